The first-order valence-corrected chi connectivity index (χ1v) is 8.04. The lowest BCUT2D eigenvalue weighted by Gasteiger charge is -2.27. The summed E-state index contributed by atoms with van der Waals surface area (Å²) in [6, 6.07) is 6.98. The van der Waals surface area contributed by atoms with E-state index in [4.69, 9.17) is 9.15 Å². The molecule has 24 heavy (non-hydrogen) atoms. The second-order valence-electron chi connectivity index (χ2n) is 5.77. The normalized spacial score (nSPS) is 15.8. The zero-order valence-electron chi connectivity index (χ0n) is 13.9. The van der Waals surface area contributed by atoms with Gasteiger partial charge in [-0.3, -0.25) is 0 Å². The average molecular weight is 330 g/mol. The molecule has 0 spiro atoms. The molecule has 7 nitrogen and oxygen atoms in total. The lowest BCUT2D eigenvalue weighted by molar-refractivity contribution is 0.122. The molecular formula is C17H22N4O3. The van der Waals surface area contributed by atoms with Crippen LogP contribution in [-0.2, 0) is 4.74 Å². The second kappa shape index (κ2) is 7.35. The van der Waals surface area contributed by atoms with Crippen LogP contribution in [0.4, 0.5) is 16.3 Å². The summed E-state index contributed by atoms with van der Waals surface area (Å²) in [7, 11) is 0. The maximum absolute atomic E-state index is 12.1. The number of ether oxygens (including phenoxy) is 1. The number of nitrogens with one attached hydrogen (secondary N) is 2. The number of rotatable bonds is 4. The second-order valence-corrected chi connectivity index (χ2v) is 5.77. The van der Waals surface area contributed by atoms with Crippen LogP contribution >= 0.6 is 0 Å². The molecule has 2 amide bonds. The third kappa shape index (κ3) is 4.05. The first-order chi connectivity index (χ1) is 11.6. The van der Waals surface area contributed by atoms with Crippen molar-refractivity contribution in [3.63, 3.8) is 0 Å². The smallest absolute Gasteiger partial charge is 0.319 e. The number of aromatic nitrogens is 1. The summed E-state index contributed by atoms with van der Waals surface area (Å²) in [5.41, 5.74) is 0.646. The van der Waals surface area contributed by atoms with Gasteiger partial charge in [-0.15, -0.1) is 0 Å². The number of amides is 2. The van der Waals surface area contributed by atoms with Crippen LogP contribution in [0.2, 0.25) is 0 Å². The lowest BCUT2D eigenvalue weighted by atomic mass is 10.2. The Balaban J connectivity index is 1.54. The van der Waals surface area contributed by atoms with Gasteiger partial charge in [-0.25, -0.2) is 9.78 Å². The molecular weight excluding hydrogens is 308 g/mol. The lowest BCUT2D eigenvalue weighted by Crippen LogP contribution is -2.36. The molecule has 3 rings (SSSR count). The van der Waals surface area contributed by atoms with E-state index in [-0.39, 0.29) is 12.1 Å². The minimum Gasteiger partial charge on any atom is -0.464 e. The fourth-order valence-electron chi connectivity index (χ4n) is 2.56. The number of morpholine rings is 1. The molecule has 2 N–H and O–H groups in total. The Morgan fingerprint density at radius 3 is 2.67 bits per heavy atom. The van der Waals surface area contributed by atoms with Gasteiger partial charge in [0.25, 0.3) is 0 Å². The number of hydrogen-bond donors (Lipinski definition) is 2. The van der Waals surface area contributed by atoms with Crippen molar-refractivity contribution in [2.24, 2.45) is 0 Å². The minimum atomic E-state index is -0.294. The molecule has 0 saturated carbocycles. The summed E-state index contributed by atoms with van der Waals surface area (Å²) in [5.74, 6) is 2.44. The SMILES string of the molecule is Cc1ccc([C@@H](C)NC(=O)Nc2ccc(N3CCOCC3)nc2)o1. The van der Waals surface area contributed by atoms with E-state index in [1.54, 1.807) is 6.20 Å². The number of pyridine rings is 1. The fourth-order valence-corrected chi connectivity index (χ4v) is 2.56. The Morgan fingerprint density at radius 2 is 2.04 bits per heavy atom. The molecule has 1 aliphatic heterocycles. The molecule has 2 aromatic rings. The number of urea groups is 1. The maximum Gasteiger partial charge on any atom is 0.319 e. The van der Waals surface area contributed by atoms with Crippen molar-refractivity contribution >= 4 is 17.5 Å². The highest BCUT2D eigenvalue weighted by Gasteiger charge is 2.14. The van der Waals surface area contributed by atoms with E-state index in [9.17, 15) is 4.79 Å². The average Bonchev–Trinajstić information content (AvgIpc) is 3.03. The van der Waals surface area contributed by atoms with Crippen LogP contribution in [0.15, 0.2) is 34.9 Å². The molecule has 3 heterocycles. The van der Waals surface area contributed by atoms with E-state index in [1.807, 2.05) is 38.1 Å². The highest BCUT2D eigenvalue weighted by molar-refractivity contribution is 5.89. The van der Waals surface area contributed by atoms with Crippen molar-refractivity contribution in [3.05, 3.63) is 42.0 Å². The van der Waals surface area contributed by atoms with E-state index in [0.717, 1.165) is 30.4 Å². The van der Waals surface area contributed by atoms with Gasteiger partial charge in [0, 0.05) is 13.1 Å². The summed E-state index contributed by atoms with van der Waals surface area (Å²) in [4.78, 5) is 18.6. The molecule has 1 aliphatic rings. The van der Waals surface area contributed by atoms with Crippen molar-refractivity contribution in [2.45, 2.75) is 19.9 Å². The van der Waals surface area contributed by atoms with Crippen LogP contribution in [0, 0.1) is 6.92 Å². The molecule has 0 unspecified atom stereocenters. The summed E-state index contributed by atoms with van der Waals surface area (Å²) in [6.07, 6.45) is 1.66. The molecule has 0 aromatic carbocycles. The van der Waals surface area contributed by atoms with Gasteiger partial charge >= 0.3 is 6.03 Å². The monoisotopic (exact) mass is 330 g/mol. The van der Waals surface area contributed by atoms with Crippen molar-refractivity contribution < 1.29 is 13.9 Å². The molecule has 128 valence electrons. The third-order valence-corrected chi connectivity index (χ3v) is 3.88. The largest absolute Gasteiger partial charge is 0.464 e. The predicted octanol–water partition coefficient (Wildman–Crippen LogP) is 2.70. The van der Waals surface area contributed by atoms with Crippen molar-refractivity contribution in [2.75, 3.05) is 36.5 Å². The summed E-state index contributed by atoms with van der Waals surface area (Å²) in [5, 5.41) is 5.62. The first-order valence-electron chi connectivity index (χ1n) is 8.04. The quantitative estimate of drug-likeness (QED) is 0.901. The highest BCUT2D eigenvalue weighted by atomic mass is 16.5. The number of carbonyl (C=O) groups excluding carboxylic acids is 1. The van der Waals surface area contributed by atoms with Crippen LogP contribution in [0.5, 0.6) is 0 Å². The topological polar surface area (TPSA) is 79.6 Å². The zero-order valence-corrected chi connectivity index (χ0v) is 13.9. The van der Waals surface area contributed by atoms with Crippen molar-refractivity contribution in [1.82, 2.24) is 10.3 Å². The van der Waals surface area contributed by atoms with Gasteiger partial charge < -0.3 is 24.7 Å². The molecule has 2 aromatic heterocycles. The van der Waals surface area contributed by atoms with Crippen LogP contribution in [0.1, 0.15) is 24.5 Å². The van der Waals surface area contributed by atoms with Gasteiger partial charge in [0.05, 0.1) is 31.1 Å². The number of nitrogens with zero attached hydrogens (tertiary/aromatic N) is 2. The van der Waals surface area contributed by atoms with Crippen LogP contribution in [0.25, 0.3) is 0 Å². The Morgan fingerprint density at radius 1 is 1.25 bits per heavy atom. The standard InChI is InChI=1S/C17H22N4O3/c1-12-3-5-15(24-12)13(2)19-17(22)20-14-4-6-16(18-11-14)21-7-9-23-10-8-21/h3-6,11,13H,7-10H2,1-2H3,(H2,19,20,22)/t13-/m1/s1. The zero-order chi connectivity index (χ0) is 16.9. The summed E-state index contributed by atoms with van der Waals surface area (Å²) in [6.45, 7) is 6.85. The number of furan rings is 1. The van der Waals surface area contributed by atoms with Gasteiger partial charge in [0.1, 0.15) is 17.3 Å². The fraction of sp³-hybridized carbons (Fsp3) is 0.412. The van der Waals surface area contributed by atoms with Crippen LogP contribution < -0.4 is 15.5 Å². The van der Waals surface area contributed by atoms with E-state index in [1.165, 1.54) is 0 Å². The molecule has 7 heteroatoms. The van der Waals surface area contributed by atoms with Crippen LogP contribution in [0.3, 0.4) is 0 Å². The first kappa shape index (κ1) is 16.3. The molecule has 1 fully saturated rings. The van der Waals surface area contributed by atoms with Gasteiger partial charge in [-0.05, 0) is 38.1 Å². The van der Waals surface area contributed by atoms with Gasteiger partial charge in [-0.2, -0.15) is 0 Å². The third-order valence-electron chi connectivity index (χ3n) is 3.88. The molecule has 0 aliphatic carbocycles. The highest BCUT2D eigenvalue weighted by Crippen LogP contribution is 2.17. The minimum absolute atomic E-state index is 0.209. The molecule has 1 atom stereocenters. The Hall–Kier alpha value is -2.54. The number of carbonyl (C=O) groups is 1. The number of hydrogen-bond acceptors (Lipinski definition) is 5. The number of aryl methyl sites for hydroxylation is 1. The van der Waals surface area contributed by atoms with Gasteiger partial charge in [0.2, 0.25) is 0 Å². The Bertz CT molecular complexity index is 677. The van der Waals surface area contributed by atoms with E-state index in [0.29, 0.717) is 18.9 Å². The van der Waals surface area contributed by atoms with E-state index < -0.39 is 0 Å². The number of anilines is 2. The summed E-state index contributed by atoms with van der Waals surface area (Å²) >= 11 is 0. The van der Waals surface area contributed by atoms with Crippen molar-refractivity contribution in [3.8, 4) is 0 Å². The molecule has 0 radical (unpaired) electrons. The predicted molar refractivity (Wildman–Crippen MR) is 91.3 cm³/mol. The Kier molecular flexibility index (Phi) is 5.00. The Labute approximate surface area is 141 Å². The summed E-state index contributed by atoms with van der Waals surface area (Å²) < 4.78 is 10.8. The molecule has 0 bridgehead atoms. The maximum atomic E-state index is 12.1. The van der Waals surface area contributed by atoms with Crippen molar-refractivity contribution in [1.29, 1.82) is 0 Å². The van der Waals surface area contributed by atoms with Gasteiger partial charge in [-0.1, -0.05) is 0 Å². The molecule has 1 saturated heterocycles. The van der Waals surface area contributed by atoms with E-state index in [2.05, 4.69) is 20.5 Å². The van der Waals surface area contributed by atoms with Gasteiger partial charge in [0.15, 0.2) is 0 Å². The van der Waals surface area contributed by atoms with Crippen LogP contribution in [-0.4, -0.2) is 37.3 Å². The van der Waals surface area contributed by atoms with E-state index >= 15 is 0 Å².